The van der Waals surface area contributed by atoms with E-state index in [9.17, 15) is 0 Å². The number of rotatable bonds is 5. The van der Waals surface area contributed by atoms with Gasteiger partial charge in [0.25, 0.3) is 0 Å². The summed E-state index contributed by atoms with van der Waals surface area (Å²) in [5, 5.41) is 3.78. The first kappa shape index (κ1) is 16.3. The van der Waals surface area contributed by atoms with Gasteiger partial charge in [0.15, 0.2) is 0 Å². The molecule has 2 fully saturated rings. The minimum Gasteiger partial charge on any atom is -0.311 e. The maximum atomic E-state index is 3.78. The molecule has 1 N–H and O–H groups in total. The van der Waals surface area contributed by atoms with E-state index in [2.05, 4.69) is 42.9 Å². The maximum absolute atomic E-state index is 3.78. The van der Waals surface area contributed by atoms with E-state index >= 15 is 0 Å². The minimum atomic E-state index is 0.712. The monoisotopic (exact) mass is 281 g/mol. The molecular weight excluding hydrogens is 246 g/mol. The normalized spacial score (nSPS) is 31.1. The van der Waals surface area contributed by atoms with Crippen LogP contribution in [0.15, 0.2) is 0 Å². The van der Waals surface area contributed by atoms with E-state index in [0.717, 1.165) is 17.9 Å². The third-order valence-electron chi connectivity index (χ3n) is 5.17. The molecule has 118 valence electrons. The first-order valence-electron chi connectivity index (χ1n) is 8.74. The molecule has 2 heterocycles. The quantitative estimate of drug-likeness (QED) is 0.835. The Kier molecular flexibility index (Phi) is 6.31. The van der Waals surface area contributed by atoms with Crippen LogP contribution in [-0.4, -0.2) is 61.7 Å². The van der Waals surface area contributed by atoms with Crippen LogP contribution < -0.4 is 5.32 Å². The number of hydrogen-bond acceptors (Lipinski definition) is 3. The Labute approximate surface area is 126 Å². The largest absolute Gasteiger partial charge is 0.311 e. The summed E-state index contributed by atoms with van der Waals surface area (Å²) >= 11 is 0. The predicted molar refractivity (Wildman–Crippen MR) is 87.1 cm³/mol. The van der Waals surface area contributed by atoms with Crippen molar-refractivity contribution >= 4 is 0 Å². The molecule has 0 aromatic carbocycles. The Bertz CT molecular complexity index is 271. The molecule has 2 aliphatic rings. The molecular formula is C17H35N3. The molecule has 3 nitrogen and oxygen atoms in total. The highest BCUT2D eigenvalue weighted by atomic mass is 15.2. The number of nitrogens with one attached hydrogen (secondary N) is 1. The van der Waals surface area contributed by atoms with Crippen molar-refractivity contribution in [3.05, 3.63) is 0 Å². The lowest BCUT2D eigenvalue weighted by Crippen LogP contribution is -2.57. The van der Waals surface area contributed by atoms with Crippen molar-refractivity contribution in [2.75, 3.05) is 39.8 Å². The van der Waals surface area contributed by atoms with Crippen molar-refractivity contribution in [1.82, 2.24) is 15.1 Å². The van der Waals surface area contributed by atoms with E-state index in [1.165, 1.54) is 58.4 Å². The number of piperidine rings is 1. The van der Waals surface area contributed by atoms with Gasteiger partial charge in [-0.3, -0.25) is 4.90 Å². The lowest BCUT2D eigenvalue weighted by Gasteiger charge is -2.43. The fourth-order valence-corrected chi connectivity index (χ4v) is 3.86. The smallest absolute Gasteiger partial charge is 0.0218 e. The molecule has 2 rings (SSSR count). The first-order chi connectivity index (χ1) is 9.58. The van der Waals surface area contributed by atoms with Crippen LogP contribution in [0.3, 0.4) is 0 Å². The van der Waals surface area contributed by atoms with Crippen LogP contribution in [0.4, 0.5) is 0 Å². The van der Waals surface area contributed by atoms with Gasteiger partial charge >= 0.3 is 0 Å². The van der Waals surface area contributed by atoms with Crippen LogP contribution >= 0.6 is 0 Å². The molecule has 20 heavy (non-hydrogen) atoms. The van der Waals surface area contributed by atoms with Crippen molar-refractivity contribution in [3.8, 4) is 0 Å². The van der Waals surface area contributed by atoms with Crippen LogP contribution in [0.25, 0.3) is 0 Å². The summed E-state index contributed by atoms with van der Waals surface area (Å²) in [4.78, 5) is 5.28. The summed E-state index contributed by atoms with van der Waals surface area (Å²) < 4.78 is 0. The zero-order chi connectivity index (χ0) is 14.5. The summed E-state index contributed by atoms with van der Waals surface area (Å²) in [7, 11) is 2.26. The van der Waals surface area contributed by atoms with Crippen molar-refractivity contribution in [2.24, 2.45) is 11.8 Å². The molecule has 2 unspecified atom stereocenters. The van der Waals surface area contributed by atoms with Gasteiger partial charge in [0.05, 0.1) is 0 Å². The predicted octanol–water partition coefficient (Wildman–Crippen LogP) is 2.43. The van der Waals surface area contributed by atoms with Gasteiger partial charge in [-0.15, -0.1) is 0 Å². The molecule has 0 aromatic rings. The van der Waals surface area contributed by atoms with Gasteiger partial charge in [-0.1, -0.05) is 20.8 Å². The van der Waals surface area contributed by atoms with Gasteiger partial charge < -0.3 is 10.2 Å². The van der Waals surface area contributed by atoms with Crippen molar-refractivity contribution < 1.29 is 0 Å². The minimum absolute atomic E-state index is 0.712. The molecule has 3 heteroatoms. The second-order valence-electron chi connectivity index (χ2n) is 7.50. The Morgan fingerprint density at radius 2 is 1.90 bits per heavy atom. The molecule has 2 aliphatic heterocycles. The SMILES string of the molecule is CCC1CNC(CC(C)C)CN1CC1CCN(C)CC1. The lowest BCUT2D eigenvalue weighted by molar-refractivity contribution is 0.0821. The van der Waals surface area contributed by atoms with E-state index in [-0.39, 0.29) is 0 Å². The molecule has 2 atom stereocenters. The summed E-state index contributed by atoms with van der Waals surface area (Å²) in [5.41, 5.74) is 0. The first-order valence-corrected chi connectivity index (χ1v) is 8.74. The van der Waals surface area contributed by atoms with E-state index in [1.54, 1.807) is 0 Å². The van der Waals surface area contributed by atoms with Crippen molar-refractivity contribution in [3.63, 3.8) is 0 Å². The molecule has 0 spiro atoms. The van der Waals surface area contributed by atoms with Crippen LogP contribution in [0, 0.1) is 11.8 Å². The second kappa shape index (κ2) is 7.77. The molecule has 0 saturated carbocycles. The number of piperazine rings is 1. The number of hydrogen-bond donors (Lipinski definition) is 1. The highest BCUT2D eigenvalue weighted by Gasteiger charge is 2.29. The van der Waals surface area contributed by atoms with Gasteiger partial charge in [-0.25, -0.2) is 0 Å². The van der Waals surface area contributed by atoms with Gasteiger partial charge in [0, 0.05) is 31.7 Å². The van der Waals surface area contributed by atoms with Crippen molar-refractivity contribution in [1.29, 1.82) is 0 Å². The maximum Gasteiger partial charge on any atom is 0.0218 e. The van der Waals surface area contributed by atoms with Crippen LogP contribution in [0.5, 0.6) is 0 Å². The fraction of sp³-hybridized carbons (Fsp3) is 1.00. The number of likely N-dealkylation sites (tertiary alicyclic amines) is 1. The molecule has 0 radical (unpaired) electrons. The molecule has 0 aromatic heterocycles. The summed E-state index contributed by atoms with van der Waals surface area (Å²) in [6, 6.07) is 1.47. The third kappa shape index (κ3) is 4.71. The van der Waals surface area contributed by atoms with E-state index in [4.69, 9.17) is 0 Å². The average molecular weight is 281 g/mol. The van der Waals surface area contributed by atoms with Crippen LogP contribution in [0.2, 0.25) is 0 Å². The van der Waals surface area contributed by atoms with Gasteiger partial charge in [-0.05, 0) is 57.7 Å². The van der Waals surface area contributed by atoms with Crippen LogP contribution in [-0.2, 0) is 0 Å². The second-order valence-corrected chi connectivity index (χ2v) is 7.50. The molecule has 0 amide bonds. The Morgan fingerprint density at radius 3 is 2.50 bits per heavy atom. The van der Waals surface area contributed by atoms with Crippen LogP contribution in [0.1, 0.15) is 46.5 Å². The highest BCUT2D eigenvalue weighted by Crippen LogP contribution is 2.22. The summed E-state index contributed by atoms with van der Waals surface area (Å²) in [5.74, 6) is 1.73. The molecule has 0 aliphatic carbocycles. The van der Waals surface area contributed by atoms with Crippen molar-refractivity contribution in [2.45, 2.75) is 58.5 Å². The van der Waals surface area contributed by atoms with E-state index in [1.807, 2.05) is 0 Å². The third-order valence-corrected chi connectivity index (χ3v) is 5.17. The lowest BCUT2D eigenvalue weighted by atomic mass is 9.93. The van der Waals surface area contributed by atoms with E-state index < -0.39 is 0 Å². The summed E-state index contributed by atoms with van der Waals surface area (Å²) in [6.45, 7) is 13.4. The standard InChI is InChI=1S/C17H35N3/c1-5-17-11-18-16(10-14(2)3)13-20(17)12-15-6-8-19(4)9-7-15/h14-18H,5-13H2,1-4H3. The number of nitrogens with zero attached hydrogens (tertiary/aromatic N) is 2. The zero-order valence-corrected chi connectivity index (χ0v) is 14.1. The Balaban J connectivity index is 1.85. The van der Waals surface area contributed by atoms with Gasteiger partial charge in [-0.2, -0.15) is 0 Å². The van der Waals surface area contributed by atoms with E-state index in [0.29, 0.717) is 6.04 Å². The summed E-state index contributed by atoms with van der Waals surface area (Å²) in [6.07, 6.45) is 5.39. The Morgan fingerprint density at radius 1 is 1.20 bits per heavy atom. The topological polar surface area (TPSA) is 18.5 Å². The molecule has 2 saturated heterocycles. The Hall–Kier alpha value is -0.120. The average Bonchev–Trinajstić information content (AvgIpc) is 2.41. The molecule has 0 bridgehead atoms. The fourth-order valence-electron chi connectivity index (χ4n) is 3.86. The zero-order valence-electron chi connectivity index (χ0n) is 14.1. The van der Waals surface area contributed by atoms with Gasteiger partial charge in [0.1, 0.15) is 0 Å². The van der Waals surface area contributed by atoms with Gasteiger partial charge in [0.2, 0.25) is 0 Å². The highest BCUT2D eigenvalue weighted by molar-refractivity contribution is 4.87.